The van der Waals surface area contributed by atoms with E-state index in [1.165, 1.54) is 7.11 Å². The Kier molecular flexibility index (Phi) is 6.80. The second-order valence-corrected chi connectivity index (χ2v) is 5.03. The van der Waals surface area contributed by atoms with Crippen LogP contribution >= 0.6 is 0 Å². The van der Waals surface area contributed by atoms with Gasteiger partial charge in [0.05, 0.1) is 18.9 Å². The summed E-state index contributed by atoms with van der Waals surface area (Å²) in [7, 11) is 1.36. The lowest BCUT2D eigenvalue weighted by molar-refractivity contribution is -0.153. The molecule has 0 amide bonds. The Morgan fingerprint density at radius 2 is 1.88 bits per heavy atom. The summed E-state index contributed by atoms with van der Waals surface area (Å²) in [6.45, 7) is 8.14. The van der Waals surface area contributed by atoms with Gasteiger partial charge in [-0.05, 0) is 27.7 Å². The monoisotopic (exact) mass is 245 g/mol. The molecule has 0 aliphatic rings. The van der Waals surface area contributed by atoms with Crippen molar-refractivity contribution in [3.8, 4) is 0 Å². The lowest BCUT2D eigenvalue weighted by Gasteiger charge is -2.19. The van der Waals surface area contributed by atoms with Crippen molar-refractivity contribution in [2.75, 3.05) is 20.3 Å². The first-order chi connectivity index (χ1) is 7.77. The van der Waals surface area contributed by atoms with Crippen molar-refractivity contribution in [3.63, 3.8) is 0 Å². The van der Waals surface area contributed by atoms with Crippen molar-refractivity contribution >= 4 is 11.9 Å². The Morgan fingerprint density at radius 1 is 1.29 bits per heavy atom. The molecule has 0 heterocycles. The van der Waals surface area contributed by atoms with E-state index in [2.05, 4.69) is 10.1 Å². The van der Waals surface area contributed by atoms with Crippen molar-refractivity contribution < 1.29 is 19.1 Å². The molecule has 0 bridgehead atoms. The van der Waals surface area contributed by atoms with Gasteiger partial charge in [-0.25, -0.2) is 0 Å². The van der Waals surface area contributed by atoms with E-state index in [1.54, 1.807) is 0 Å². The Labute approximate surface area is 103 Å². The summed E-state index contributed by atoms with van der Waals surface area (Å²) in [6.07, 6.45) is 0.314. The zero-order chi connectivity index (χ0) is 13.5. The van der Waals surface area contributed by atoms with Gasteiger partial charge < -0.3 is 14.8 Å². The minimum absolute atomic E-state index is 0.0194. The van der Waals surface area contributed by atoms with Crippen LogP contribution in [-0.4, -0.2) is 38.2 Å². The molecule has 0 aromatic rings. The van der Waals surface area contributed by atoms with Gasteiger partial charge in [-0.2, -0.15) is 0 Å². The third kappa shape index (κ3) is 7.74. The molecule has 1 N–H and O–H groups in total. The molecule has 0 rings (SSSR count). The van der Waals surface area contributed by atoms with E-state index < -0.39 is 5.41 Å². The Morgan fingerprint density at radius 3 is 2.35 bits per heavy atom. The molecule has 0 radical (unpaired) electrons. The summed E-state index contributed by atoms with van der Waals surface area (Å²) >= 11 is 0. The van der Waals surface area contributed by atoms with Crippen LogP contribution in [0.3, 0.4) is 0 Å². The summed E-state index contributed by atoms with van der Waals surface area (Å²) in [6, 6.07) is 0.0194. The third-order valence-electron chi connectivity index (χ3n) is 2.13. The Bertz CT molecular complexity index is 258. The summed E-state index contributed by atoms with van der Waals surface area (Å²) in [5.74, 6) is -0.476. The molecule has 100 valence electrons. The molecule has 5 nitrogen and oxygen atoms in total. The van der Waals surface area contributed by atoms with E-state index in [9.17, 15) is 9.59 Å². The molecular weight excluding hydrogens is 222 g/mol. The molecule has 0 aromatic heterocycles. The van der Waals surface area contributed by atoms with Crippen LogP contribution in [0.2, 0.25) is 0 Å². The van der Waals surface area contributed by atoms with E-state index >= 15 is 0 Å². The van der Waals surface area contributed by atoms with Gasteiger partial charge in [0.25, 0.3) is 0 Å². The van der Waals surface area contributed by atoms with Crippen LogP contribution in [-0.2, 0) is 19.1 Å². The van der Waals surface area contributed by atoms with E-state index in [0.29, 0.717) is 19.6 Å². The van der Waals surface area contributed by atoms with E-state index in [4.69, 9.17) is 4.74 Å². The van der Waals surface area contributed by atoms with E-state index in [-0.39, 0.29) is 18.0 Å². The van der Waals surface area contributed by atoms with Crippen LogP contribution in [0.5, 0.6) is 0 Å². The first-order valence-electron chi connectivity index (χ1n) is 5.74. The highest BCUT2D eigenvalue weighted by Crippen LogP contribution is 2.14. The van der Waals surface area contributed by atoms with Gasteiger partial charge in [-0.3, -0.25) is 9.59 Å². The van der Waals surface area contributed by atoms with Gasteiger partial charge in [0.2, 0.25) is 0 Å². The smallest absolute Gasteiger partial charge is 0.311 e. The van der Waals surface area contributed by atoms with Gasteiger partial charge in [0, 0.05) is 12.6 Å². The number of hydrogen-bond acceptors (Lipinski definition) is 5. The number of ether oxygens (including phenoxy) is 2. The van der Waals surface area contributed by atoms with Crippen molar-refractivity contribution in [3.05, 3.63) is 0 Å². The van der Waals surface area contributed by atoms with Crippen LogP contribution in [0, 0.1) is 5.41 Å². The Hall–Kier alpha value is -1.10. The predicted molar refractivity (Wildman–Crippen MR) is 64.5 cm³/mol. The second kappa shape index (κ2) is 7.27. The van der Waals surface area contributed by atoms with Crippen molar-refractivity contribution in [1.29, 1.82) is 0 Å². The molecule has 0 fully saturated rings. The van der Waals surface area contributed by atoms with Gasteiger partial charge in [0.1, 0.15) is 6.61 Å². The maximum absolute atomic E-state index is 11.5. The molecule has 5 heteroatoms. The summed E-state index contributed by atoms with van der Waals surface area (Å²) in [4.78, 5) is 22.3. The van der Waals surface area contributed by atoms with Crippen LogP contribution in [0.25, 0.3) is 0 Å². The van der Waals surface area contributed by atoms with Gasteiger partial charge in [-0.1, -0.05) is 0 Å². The molecule has 0 aliphatic carbocycles. The zero-order valence-electron chi connectivity index (χ0n) is 11.3. The number of hydrogen-bond donors (Lipinski definition) is 1. The SMILES string of the molecule is COC(=O)CCNC(C)COC(=O)C(C)(C)C. The molecule has 1 unspecified atom stereocenters. The van der Waals surface area contributed by atoms with Crippen molar-refractivity contribution in [2.45, 2.75) is 40.2 Å². The standard InChI is InChI=1S/C12H23NO4/c1-9(13-7-6-10(14)16-5)8-17-11(15)12(2,3)4/h9,13H,6-8H2,1-5H3. The Balaban J connectivity index is 3.70. The largest absolute Gasteiger partial charge is 0.469 e. The number of carbonyl (C=O) groups excluding carboxylic acids is 2. The summed E-state index contributed by atoms with van der Waals surface area (Å²) in [5, 5.41) is 3.08. The summed E-state index contributed by atoms with van der Waals surface area (Å²) in [5.41, 5.74) is -0.480. The summed E-state index contributed by atoms with van der Waals surface area (Å²) < 4.78 is 9.65. The number of carbonyl (C=O) groups is 2. The fraction of sp³-hybridized carbons (Fsp3) is 0.833. The molecule has 0 aromatic carbocycles. The van der Waals surface area contributed by atoms with Crippen molar-refractivity contribution in [1.82, 2.24) is 5.32 Å². The highest BCUT2D eigenvalue weighted by molar-refractivity contribution is 5.75. The second-order valence-electron chi connectivity index (χ2n) is 5.03. The minimum Gasteiger partial charge on any atom is -0.469 e. The highest BCUT2D eigenvalue weighted by Gasteiger charge is 2.23. The first kappa shape index (κ1) is 15.9. The third-order valence-corrected chi connectivity index (χ3v) is 2.13. The molecule has 0 spiro atoms. The van der Waals surface area contributed by atoms with Crippen LogP contribution in [0.1, 0.15) is 34.1 Å². The number of nitrogens with one attached hydrogen (secondary N) is 1. The van der Waals surface area contributed by atoms with Crippen LogP contribution in [0.15, 0.2) is 0 Å². The van der Waals surface area contributed by atoms with Crippen LogP contribution < -0.4 is 5.32 Å². The minimum atomic E-state index is -0.480. The van der Waals surface area contributed by atoms with E-state index in [0.717, 1.165) is 0 Å². The number of esters is 2. The molecular formula is C12H23NO4. The fourth-order valence-electron chi connectivity index (χ4n) is 0.999. The van der Waals surface area contributed by atoms with E-state index in [1.807, 2.05) is 27.7 Å². The van der Waals surface area contributed by atoms with Gasteiger partial charge in [-0.15, -0.1) is 0 Å². The topological polar surface area (TPSA) is 64.6 Å². The lowest BCUT2D eigenvalue weighted by atomic mass is 9.97. The van der Waals surface area contributed by atoms with Gasteiger partial charge >= 0.3 is 11.9 Å². The highest BCUT2D eigenvalue weighted by atomic mass is 16.5. The molecule has 1 atom stereocenters. The maximum Gasteiger partial charge on any atom is 0.311 e. The quantitative estimate of drug-likeness (QED) is 0.710. The first-order valence-corrected chi connectivity index (χ1v) is 5.74. The lowest BCUT2D eigenvalue weighted by Crippen LogP contribution is -2.35. The number of rotatable bonds is 6. The normalized spacial score (nSPS) is 13.0. The molecule has 17 heavy (non-hydrogen) atoms. The van der Waals surface area contributed by atoms with Crippen molar-refractivity contribution in [2.24, 2.45) is 5.41 Å². The molecule has 0 aliphatic heterocycles. The average Bonchev–Trinajstić information content (AvgIpc) is 2.24. The van der Waals surface area contributed by atoms with Crippen LogP contribution in [0.4, 0.5) is 0 Å². The van der Waals surface area contributed by atoms with Gasteiger partial charge in [0.15, 0.2) is 0 Å². The number of methoxy groups -OCH3 is 1. The zero-order valence-corrected chi connectivity index (χ0v) is 11.3. The fourth-order valence-corrected chi connectivity index (χ4v) is 0.999. The molecule has 0 saturated carbocycles. The molecule has 0 saturated heterocycles. The predicted octanol–water partition coefficient (Wildman–Crippen LogP) is 1.12. The average molecular weight is 245 g/mol. The maximum atomic E-state index is 11.5.